The molecule has 4 fully saturated rings. The van der Waals surface area contributed by atoms with Crippen LogP contribution in [0.1, 0.15) is 44.1 Å². The number of benzene rings is 1. The minimum Gasteiger partial charge on any atom is -0.373 e. The molecule has 0 saturated heterocycles. The van der Waals surface area contributed by atoms with Crippen molar-refractivity contribution in [2.75, 3.05) is 6.61 Å². The van der Waals surface area contributed by atoms with Crippen LogP contribution in [0.25, 0.3) is 0 Å². The molecule has 3 heteroatoms. The molecule has 26 heavy (non-hydrogen) atoms. The smallest absolute Gasteiger partial charge is 0.224 e. The van der Waals surface area contributed by atoms with Gasteiger partial charge in [0.1, 0.15) is 0 Å². The maximum Gasteiger partial charge on any atom is 0.224 e. The van der Waals surface area contributed by atoms with E-state index in [1.807, 2.05) is 0 Å². The second-order valence-electron chi connectivity index (χ2n) is 8.89. The minimum atomic E-state index is -0.357. The zero-order valence-electron chi connectivity index (χ0n) is 15.2. The third-order valence-electron chi connectivity index (χ3n) is 7.55. The average molecular weight is 349 g/mol. The van der Waals surface area contributed by atoms with E-state index in [4.69, 9.17) is 10.5 Å². The molecule has 5 unspecified atom stereocenters. The molecule has 3 nitrogen and oxygen atoms in total. The fraction of sp³-hybridized carbons (Fsp3) is 0.522. The van der Waals surface area contributed by atoms with E-state index in [1.165, 1.54) is 11.1 Å². The summed E-state index contributed by atoms with van der Waals surface area (Å²) >= 11 is 0. The lowest BCUT2D eigenvalue weighted by molar-refractivity contribution is -0.130. The number of primary amides is 1. The lowest BCUT2D eigenvalue weighted by Gasteiger charge is -2.42. The van der Waals surface area contributed by atoms with E-state index < -0.39 is 0 Å². The molecule has 1 aromatic rings. The van der Waals surface area contributed by atoms with Crippen molar-refractivity contribution < 1.29 is 9.53 Å². The van der Waals surface area contributed by atoms with Gasteiger partial charge in [-0.25, -0.2) is 0 Å². The van der Waals surface area contributed by atoms with Crippen LogP contribution in [-0.4, -0.2) is 18.6 Å². The number of amides is 1. The van der Waals surface area contributed by atoms with Gasteiger partial charge in [0.2, 0.25) is 5.91 Å². The van der Waals surface area contributed by atoms with E-state index in [0.717, 1.165) is 38.5 Å². The van der Waals surface area contributed by atoms with Gasteiger partial charge in [0.15, 0.2) is 0 Å². The van der Waals surface area contributed by atoms with Crippen LogP contribution in [0, 0.1) is 17.3 Å². The molecule has 5 aliphatic rings. The van der Waals surface area contributed by atoms with Gasteiger partial charge in [-0.15, -0.1) is 0 Å². The number of hydrogen-bond donors (Lipinski definition) is 1. The van der Waals surface area contributed by atoms with E-state index in [1.54, 1.807) is 0 Å². The maximum atomic E-state index is 12.5. The van der Waals surface area contributed by atoms with Gasteiger partial charge in [0, 0.05) is 5.92 Å². The van der Waals surface area contributed by atoms with E-state index in [2.05, 4.69) is 48.6 Å². The van der Waals surface area contributed by atoms with Crippen molar-refractivity contribution in [3.05, 3.63) is 59.7 Å². The zero-order chi connectivity index (χ0) is 17.8. The number of hydrogen-bond acceptors (Lipinski definition) is 2. The predicted octanol–water partition coefficient (Wildman–Crippen LogP) is 3.89. The van der Waals surface area contributed by atoms with E-state index >= 15 is 0 Å². The van der Waals surface area contributed by atoms with Gasteiger partial charge < -0.3 is 10.5 Å². The molecule has 0 radical (unpaired) electrons. The highest BCUT2D eigenvalue weighted by atomic mass is 16.5. The lowest BCUT2D eigenvalue weighted by atomic mass is 9.63. The fourth-order valence-corrected chi connectivity index (χ4v) is 6.56. The van der Waals surface area contributed by atoms with Crippen LogP contribution in [0.3, 0.4) is 0 Å². The highest BCUT2D eigenvalue weighted by Gasteiger charge is 2.70. The summed E-state index contributed by atoms with van der Waals surface area (Å²) in [5.74, 6) is 0.629. The first-order valence-corrected chi connectivity index (χ1v) is 9.95. The van der Waals surface area contributed by atoms with Crippen LogP contribution in [0.5, 0.6) is 0 Å². The predicted molar refractivity (Wildman–Crippen MR) is 101 cm³/mol. The van der Waals surface area contributed by atoms with E-state index in [0.29, 0.717) is 12.5 Å². The van der Waals surface area contributed by atoms with Crippen molar-refractivity contribution in [2.24, 2.45) is 23.0 Å². The molecule has 4 saturated carbocycles. The van der Waals surface area contributed by atoms with Gasteiger partial charge >= 0.3 is 0 Å². The molecular weight excluding hydrogens is 322 g/mol. The number of carbonyl (C=O) groups is 1. The van der Waals surface area contributed by atoms with Crippen LogP contribution in [0.15, 0.2) is 54.1 Å². The molecule has 2 N–H and O–H groups in total. The van der Waals surface area contributed by atoms with E-state index in [9.17, 15) is 4.79 Å². The van der Waals surface area contributed by atoms with Gasteiger partial charge in [-0.3, -0.25) is 4.79 Å². The van der Waals surface area contributed by atoms with Crippen molar-refractivity contribution in [1.82, 2.24) is 0 Å². The summed E-state index contributed by atoms with van der Waals surface area (Å²) in [4.78, 5) is 12.5. The normalized spacial score (nSPS) is 40.0. The van der Waals surface area contributed by atoms with Crippen LogP contribution < -0.4 is 5.73 Å². The lowest BCUT2D eigenvalue weighted by Crippen LogP contribution is -2.41. The van der Waals surface area contributed by atoms with Crippen LogP contribution in [0.2, 0.25) is 0 Å². The third-order valence-corrected chi connectivity index (χ3v) is 7.55. The third kappa shape index (κ3) is 2.26. The Bertz CT molecular complexity index is 783. The van der Waals surface area contributed by atoms with Crippen molar-refractivity contribution in [1.29, 1.82) is 0 Å². The maximum absolute atomic E-state index is 12.5. The summed E-state index contributed by atoms with van der Waals surface area (Å²) in [5.41, 5.74) is 8.50. The summed E-state index contributed by atoms with van der Waals surface area (Å²) in [6.07, 6.45) is 12.9. The molecule has 136 valence electrons. The molecule has 0 spiro atoms. The number of allylic oxidation sites excluding steroid dienone is 3. The summed E-state index contributed by atoms with van der Waals surface area (Å²) in [5, 5.41) is 0. The van der Waals surface area contributed by atoms with Crippen molar-refractivity contribution in [3.8, 4) is 0 Å². The molecule has 0 heterocycles. The Kier molecular flexibility index (Phi) is 3.65. The SMILES string of the molecule is NC(=O)C12CC3CC(c4ccccc4)(CC1C3OCC1=CC=CCC1)C2. The average Bonchev–Trinajstić information content (AvgIpc) is 3.05. The molecule has 1 amide bonds. The second kappa shape index (κ2) is 5.82. The van der Waals surface area contributed by atoms with Crippen molar-refractivity contribution in [2.45, 2.75) is 50.0 Å². The number of ether oxygens (including phenoxy) is 1. The molecular formula is C23H27NO2. The molecule has 6 rings (SSSR count). The van der Waals surface area contributed by atoms with Gasteiger partial charge in [-0.2, -0.15) is 0 Å². The van der Waals surface area contributed by atoms with Crippen LogP contribution in [0.4, 0.5) is 0 Å². The number of rotatable bonds is 5. The molecule has 5 atom stereocenters. The first-order chi connectivity index (χ1) is 12.6. The van der Waals surface area contributed by atoms with Crippen molar-refractivity contribution >= 4 is 5.91 Å². The highest BCUT2D eigenvalue weighted by molar-refractivity contribution is 5.83. The quantitative estimate of drug-likeness (QED) is 0.877. The molecule has 0 aromatic heterocycles. The van der Waals surface area contributed by atoms with Gasteiger partial charge in [0.25, 0.3) is 0 Å². The molecule has 1 aromatic carbocycles. The molecule has 0 aliphatic heterocycles. The van der Waals surface area contributed by atoms with Crippen LogP contribution >= 0.6 is 0 Å². The van der Waals surface area contributed by atoms with Gasteiger partial charge in [-0.05, 0) is 61.0 Å². The van der Waals surface area contributed by atoms with E-state index in [-0.39, 0.29) is 28.8 Å². The second-order valence-corrected chi connectivity index (χ2v) is 8.89. The number of nitrogens with two attached hydrogens (primary N) is 1. The Balaban J connectivity index is 1.42. The Morgan fingerprint density at radius 3 is 2.77 bits per heavy atom. The van der Waals surface area contributed by atoms with Gasteiger partial charge in [0.05, 0.1) is 18.1 Å². The summed E-state index contributed by atoms with van der Waals surface area (Å²) < 4.78 is 6.45. The van der Waals surface area contributed by atoms with Crippen LogP contribution in [-0.2, 0) is 14.9 Å². The molecule has 4 bridgehead atoms. The largest absolute Gasteiger partial charge is 0.373 e. The summed E-state index contributed by atoms with van der Waals surface area (Å²) in [6.45, 7) is 0.704. The topological polar surface area (TPSA) is 52.3 Å². The summed E-state index contributed by atoms with van der Waals surface area (Å²) in [6, 6.07) is 10.8. The summed E-state index contributed by atoms with van der Waals surface area (Å²) in [7, 11) is 0. The minimum absolute atomic E-state index is 0.101. The Morgan fingerprint density at radius 2 is 2.04 bits per heavy atom. The molecule has 5 aliphatic carbocycles. The first kappa shape index (κ1) is 16.3. The Labute approximate surface area is 155 Å². The highest BCUT2D eigenvalue weighted by Crippen LogP contribution is 2.71. The number of carbonyl (C=O) groups excluding carboxylic acids is 1. The monoisotopic (exact) mass is 349 g/mol. The van der Waals surface area contributed by atoms with Crippen molar-refractivity contribution in [3.63, 3.8) is 0 Å². The fourth-order valence-electron chi connectivity index (χ4n) is 6.56. The first-order valence-electron chi connectivity index (χ1n) is 9.95. The standard InChI is InChI=1S/C23H27NO2/c24-21(25)23-12-17-11-22(15-23,18-9-5-2-6-10-18)13-19(23)20(17)26-14-16-7-3-1-4-8-16/h1-3,5-7,9-10,17,19-20H,4,8,11-15H2,(H2,24,25). The Morgan fingerprint density at radius 1 is 1.19 bits per heavy atom. The zero-order valence-corrected chi connectivity index (χ0v) is 15.2. The Hall–Kier alpha value is -1.87. The van der Waals surface area contributed by atoms with Gasteiger partial charge in [-0.1, -0.05) is 48.6 Å².